The van der Waals surface area contributed by atoms with E-state index in [1.807, 2.05) is 0 Å². The number of aryl methyl sites for hydroxylation is 2. The molecule has 0 saturated carbocycles. The van der Waals surface area contributed by atoms with Crippen molar-refractivity contribution in [3.05, 3.63) is 34.9 Å². The van der Waals surface area contributed by atoms with Crippen LogP contribution in [0.2, 0.25) is 0 Å². The summed E-state index contributed by atoms with van der Waals surface area (Å²) in [4.78, 5) is 0. The highest BCUT2D eigenvalue weighted by Crippen LogP contribution is 2.10. The van der Waals surface area contributed by atoms with E-state index in [1.165, 1.54) is 16.7 Å². The second-order valence-electron chi connectivity index (χ2n) is 4.73. The number of nitrogens with one attached hydrogen (secondary N) is 1. The summed E-state index contributed by atoms with van der Waals surface area (Å²) in [6.07, 6.45) is 0. The maximum atomic E-state index is 9.15. The van der Waals surface area contributed by atoms with E-state index in [4.69, 9.17) is 10.2 Å². The van der Waals surface area contributed by atoms with Crippen LogP contribution in [-0.2, 0) is 6.54 Å². The normalized spacial score (nSPS) is 11.8. The smallest absolute Gasteiger partial charge is 0.0633 e. The molecule has 1 rings (SSSR count). The van der Waals surface area contributed by atoms with Crippen LogP contribution in [0, 0.1) is 13.8 Å². The summed E-state index contributed by atoms with van der Waals surface area (Å²) in [5.74, 6) is 0. The van der Waals surface area contributed by atoms with Crippen LogP contribution < -0.4 is 5.32 Å². The largest absolute Gasteiger partial charge is 0.394 e. The van der Waals surface area contributed by atoms with E-state index >= 15 is 0 Å². The van der Waals surface area contributed by atoms with Crippen molar-refractivity contribution >= 4 is 0 Å². The summed E-state index contributed by atoms with van der Waals surface area (Å²) in [6.45, 7) is 6.43. The van der Waals surface area contributed by atoms with E-state index in [1.54, 1.807) is 6.92 Å². The first kappa shape index (κ1) is 13.2. The molecule has 0 saturated heterocycles. The van der Waals surface area contributed by atoms with Crippen LogP contribution in [0.4, 0.5) is 0 Å². The molecule has 3 nitrogen and oxygen atoms in total. The Hall–Kier alpha value is -0.900. The average Bonchev–Trinajstić information content (AvgIpc) is 2.25. The monoisotopic (exact) mass is 223 g/mol. The fourth-order valence-corrected chi connectivity index (χ4v) is 1.65. The summed E-state index contributed by atoms with van der Waals surface area (Å²) in [7, 11) is 0. The van der Waals surface area contributed by atoms with Crippen LogP contribution in [0.1, 0.15) is 23.6 Å². The topological polar surface area (TPSA) is 52.5 Å². The van der Waals surface area contributed by atoms with Gasteiger partial charge in [-0.15, -0.1) is 0 Å². The van der Waals surface area contributed by atoms with Crippen molar-refractivity contribution in [2.45, 2.75) is 32.9 Å². The third kappa shape index (κ3) is 3.59. The molecule has 0 fully saturated rings. The van der Waals surface area contributed by atoms with Gasteiger partial charge in [-0.2, -0.15) is 0 Å². The zero-order valence-corrected chi connectivity index (χ0v) is 10.2. The number of benzene rings is 1. The zero-order valence-electron chi connectivity index (χ0n) is 10.2. The molecule has 0 aliphatic carbocycles. The molecule has 0 aliphatic heterocycles. The number of rotatable bonds is 5. The number of hydrogen-bond donors (Lipinski definition) is 3. The summed E-state index contributed by atoms with van der Waals surface area (Å²) < 4.78 is 0. The lowest BCUT2D eigenvalue weighted by atomic mass is 10.0. The number of aliphatic hydroxyl groups is 2. The third-order valence-corrected chi connectivity index (χ3v) is 2.70. The van der Waals surface area contributed by atoms with Gasteiger partial charge in [-0.05, 0) is 26.3 Å². The average molecular weight is 223 g/mol. The molecular formula is C13H21NO2. The van der Waals surface area contributed by atoms with Gasteiger partial charge in [0.1, 0.15) is 0 Å². The molecule has 0 atom stereocenters. The Morgan fingerprint density at radius 1 is 1.06 bits per heavy atom. The minimum atomic E-state index is -0.613. The molecule has 0 aliphatic rings. The summed E-state index contributed by atoms with van der Waals surface area (Å²) in [6, 6.07) is 6.34. The summed E-state index contributed by atoms with van der Waals surface area (Å²) >= 11 is 0. The Morgan fingerprint density at radius 2 is 1.56 bits per heavy atom. The molecule has 0 amide bonds. The summed E-state index contributed by atoms with van der Waals surface area (Å²) in [5, 5.41) is 21.5. The SMILES string of the molecule is Cc1cc(C)cc(CNC(C)(CO)CO)c1. The van der Waals surface area contributed by atoms with Gasteiger partial charge in [0.25, 0.3) is 0 Å². The molecule has 0 bridgehead atoms. The quantitative estimate of drug-likeness (QED) is 0.701. The Labute approximate surface area is 97.1 Å². The van der Waals surface area contributed by atoms with Gasteiger partial charge in [0.15, 0.2) is 0 Å². The molecule has 1 aromatic carbocycles. The lowest BCUT2D eigenvalue weighted by Crippen LogP contribution is -2.48. The van der Waals surface area contributed by atoms with Crippen LogP contribution in [0.3, 0.4) is 0 Å². The van der Waals surface area contributed by atoms with Crippen LogP contribution in [-0.4, -0.2) is 29.0 Å². The van der Waals surface area contributed by atoms with Crippen molar-refractivity contribution in [2.24, 2.45) is 0 Å². The Morgan fingerprint density at radius 3 is 2.00 bits per heavy atom. The van der Waals surface area contributed by atoms with Crippen molar-refractivity contribution in [1.29, 1.82) is 0 Å². The molecule has 0 spiro atoms. The molecule has 1 aromatic rings. The van der Waals surface area contributed by atoms with Crippen molar-refractivity contribution in [3.63, 3.8) is 0 Å². The van der Waals surface area contributed by atoms with Gasteiger partial charge < -0.3 is 15.5 Å². The molecule has 0 aromatic heterocycles. The van der Waals surface area contributed by atoms with Gasteiger partial charge >= 0.3 is 0 Å². The van der Waals surface area contributed by atoms with Crippen molar-refractivity contribution in [1.82, 2.24) is 5.32 Å². The van der Waals surface area contributed by atoms with E-state index in [0.717, 1.165) is 0 Å². The van der Waals surface area contributed by atoms with Gasteiger partial charge in [-0.25, -0.2) is 0 Å². The fraction of sp³-hybridized carbons (Fsp3) is 0.538. The molecule has 90 valence electrons. The van der Waals surface area contributed by atoms with Crippen molar-refractivity contribution in [3.8, 4) is 0 Å². The lowest BCUT2D eigenvalue weighted by molar-refractivity contribution is 0.103. The van der Waals surface area contributed by atoms with E-state index in [9.17, 15) is 0 Å². The van der Waals surface area contributed by atoms with Crippen molar-refractivity contribution in [2.75, 3.05) is 13.2 Å². The van der Waals surface area contributed by atoms with Gasteiger partial charge in [0.2, 0.25) is 0 Å². The maximum absolute atomic E-state index is 9.15. The maximum Gasteiger partial charge on any atom is 0.0633 e. The second-order valence-corrected chi connectivity index (χ2v) is 4.73. The van der Waals surface area contributed by atoms with Crippen LogP contribution in [0.5, 0.6) is 0 Å². The van der Waals surface area contributed by atoms with Gasteiger partial charge in [0.05, 0.1) is 18.8 Å². The van der Waals surface area contributed by atoms with Crippen molar-refractivity contribution < 1.29 is 10.2 Å². The standard InChI is InChI=1S/C13H21NO2/c1-10-4-11(2)6-12(5-10)7-14-13(3,8-15)9-16/h4-6,14-16H,7-9H2,1-3H3. The highest BCUT2D eigenvalue weighted by Gasteiger charge is 2.20. The molecule has 3 N–H and O–H groups in total. The van der Waals surface area contributed by atoms with Crippen LogP contribution in [0.25, 0.3) is 0 Å². The second kappa shape index (κ2) is 5.43. The molecule has 0 heterocycles. The Kier molecular flexibility index (Phi) is 4.47. The number of hydrogen-bond acceptors (Lipinski definition) is 3. The lowest BCUT2D eigenvalue weighted by Gasteiger charge is -2.26. The Bertz CT molecular complexity index is 326. The van der Waals surface area contributed by atoms with Gasteiger partial charge in [0, 0.05) is 6.54 Å². The minimum Gasteiger partial charge on any atom is -0.394 e. The van der Waals surface area contributed by atoms with Gasteiger partial charge in [-0.1, -0.05) is 29.3 Å². The van der Waals surface area contributed by atoms with E-state index in [2.05, 4.69) is 37.4 Å². The fourth-order valence-electron chi connectivity index (χ4n) is 1.65. The first-order valence-corrected chi connectivity index (χ1v) is 5.53. The molecular weight excluding hydrogens is 202 g/mol. The predicted molar refractivity (Wildman–Crippen MR) is 65.3 cm³/mol. The highest BCUT2D eigenvalue weighted by atomic mass is 16.3. The van der Waals surface area contributed by atoms with E-state index in [0.29, 0.717) is 6.54 Å². The van der Waals surface area contributed by atoms with Crippen LogP contribution >= 0.6 is 0 Å². The number of aliphatic hydroxyl groups excluding tert-OH is 2. The molecule has 0 unspecified atom stereocenters. The molecule has 16 heavy (non-hydrogen) atoms. The molecule has 0 radical (unpaired) electrons. The first-order valence-electron chi connectivity index (χ1n) is 5.53. The molecule has 3 heteroatoms. The van der Waals surface area contributed by atoms with E-state index in [-0.39, 0.29) is 13.2 Å². The third-order valence-electron chi connectivity index (χ3n) is 2.70. The zero-order chi connectivity index (χ0) is 12.2. The highest BCUT2D eigenvalue weighted by molar-refractivity contribution is 5.28. The summed E-state index contributed by atoms with van der Waals surface area (Å²) in [5.41, 5.74) is 3.01. The van der Waals surface area contributed by atoms with E-state index < -0.39 is 5.54 Å². The van der Waals surface area contributed by atoms with Crippen LogP contribution in [0.15, 0.2) is 18.2 Å². The van der Waals surface area contributed by atoms with Gasteiger partial charge in [-0.3, -0.25) is 0 Å². The first-order chi connectivity index (χ1) is 7.49. The minimum absolute atomic E-state index is 0.0751. The predicted octanol–water partition coefficient (Wildman–Crippen LogP) is 1.14. The Balaban J connectivity index is 2.67.